The van der Waals surface area contributed by atoms with Crippen LogP contribution in [-0.4, -0.2) is 50.0 Å². The first-order valence-corrected chi connectivity index (χ1v) is 10.2. The maximum Gasteiger partial charge on any atom is 0.0558 e. The van der Waals surface area contributed by atoms with Gasteiger partial charge in [-0.1, -0.05) is 71.1 Å². The minimum Gasteiger partial charge on any atom is -0.395 e. The molecule has 1 N–H and O–H groups in total. The molecule has 0 aromatic rings. The van der Waals surface area contributed by atoms with Gasteiger partial charge in [0.25, 0.3) is 0 Å². The number of aliphatic hydroxyl groups is 1. The summed E-state index contributed by atoms with van der Waals surface area (Å²) in [4.78, 5) is 2.46. The SMILES string of the molecule is CCCCCCCCN(CCO)CCCCCCCCCOC. The Hall–Kier alpha value is -0.120. The highest BCUT2D eigenvalue weighted by Gasteiger charge is 2.03. The molecule has 0 aliphatic carbocycles. The van der Waals surface area contributed by atoms with Crippen molar-refractivity contribution in [3.8, 4) is 0 Å². The molecule has 23 heavy (non-hydrogen) atoms. The second kappa shape index (κ2) is 19.9. The van der Waals surface area contributed by atoms with Crippen molar-refractivity contribution in [2.45, 2.75) is 90.4 Å². The Morgan fingerprint density at radius 3 is 1.61 bits per heavy atom. The number of aliphatic hydroxyl groups excluding tert-OH is 1. The van der Waals surface area contributed by atoms with Gasteiger partial charge >= 0.3 is 0 Å². The Kier molecular flexibility index (Phi) is 19.8. The van der Waals surface area contributed by atoms with Gasteiger partial charge in [0.1, 0.15) is 0 Å². The van der Waals surface area contributed by atoms with E-state index in [9.17, 15) is 5.11 Å². The quantitative estimate of drug-likeness (QED) is 0.338. The maximum absolute atomic E-state index is 9.20. The summed E-state index contributed by atoms with van der Waals surface area (Å²) in [6.07, 6.45) is 17.3. The summed E-state index contributed by atoms with van der Waals surface area (Å²) < 4.78 is 5.07. The Bertz CT molecular complexity index is 212. The van der Waals surface area contributed by atoms with Gasteiger partial charge in [0.15, 0.2) is 0 Å². The zero-order valence-electron chi connectivity index (χ0n) is 16.0. The van der Waals surface area contributed by atoms with Crippen LogP contribution < -0.4 is 0 Å². The summed E-state index contributed by atoms with van der Waals surface area (Å²) in [6, 6.07) is 0. The number of unbranched alkanes of at least 4 members (excludes halogenated alkanes) is 11. The number of methoxy groups -OCH3 is 1. The van der Waals surface area contributed by atoms with Crippen molar-refractivity contribution in [1.82, 2.24) is 4.90 Å². The molecule has 0 saturated carbocycles. The summed E-state index contributed by atoms with van der Waals surface area (Å²) >= 11 is 0. The lowest BCUT2D eigenvalue weighted by Gasteiger charge is -2.21. The van der Waals surface area contributed by atoms with Crippen LogP contribution >= 0.6 is 0 Å². The third-order valence-corrected chi connectivity index (χ3v) is 4.57. The fraction of sp³-hybridized carbons (Fsp3) is 1.00. The van der Waals surface area contributed by atoms with Crippen LogP contribution in [0.1, 0.15) is 90.4 Å². The van der Waals surface area contributed by atoms with Crippen LogP contribution in [-0.2, 0) is 4.74 Å². The minimum atomic E-state index is 0.301. The third-order valence-electron chi connectivity index (χ3n) is 4.57. The van der Waals surface area contributed by atoms with Crippen molar-refractivity contribution in [3.05, 3.63) is 0 Å². The van der Waals surface area contributed by atoms with E-state index in [0.717, 1.165) is 13.2 Å². The van der Waals surface area contributed by atoms with E-state index in [-0.39, 0.29) is 0 Å². The third kappa shape index (κ3) is 18.1. The molecule has 0 aliphatic heterocycles. The summed E-state index contributed by atoms with van der Waals surface area (Å²) in [5.41, 5.74) is 0. The van der Waals surface area contributed by atoms with E-state index >= 15 is 0 Å². The zero-order valence-corrected chi connectivity index (χ0v) is 16.0. The Labute approximate surface area is 145 Å². The smallest absolute Gasteiger partial charge is 0.0558 e. The summed E-state index contributed by atoms with van der Waals surface area (Å²) in [7, 11) is 1.78. The van der Waals surface area contributed by atoms with Crippen molar-refractivity contribution in [1.29, 1.82) is 0 Å². The number of hydrogen-bond acceptors (Lipinski definition) is 3. The molecule has 0 fully saturated rings. The molecule has 0 amide bonds. The molecule has 0 rings (SSSR count). The predicted octanol–water partition coefficient (Wildman–Crippen LogP) is 5.02. The van der Waals surface area contributed by atoms with E-state index in [4.69, 9.17) is 4.74 Å². The molecular weight excluding hydrogens is 286 g/mol. The standard InChI is InChI=1S/C20H43NO2/c1-3-4-5-6-10-13-16-21(18-19-22)17-14-11-8-7-9-12-15-20-23-2/h22H,3-20H2,1-2H3. The van der Waals surface area contributed by atoms with Gasteiger partial charge in [0.2, 0.25) is 0 Å². The molecule has 0 unspecified atom stereocenters. The number of ether oxygens (including phenoxy) is 1. The van der Waals surface area contributed by atoms with Gasteiger partial charge in [-0.15, -0.1) is 0 Å². The molecule has 0 saturated heterocycles. The summed E-state index contributed by atoms with van der Waals surface area (Å²) in [5, 5.41) is 9.20. The Morgan fingerprint density at radius 2 is 1.13 bits per heavy atom. The van der Waals surface area contributed by atoms with Crippen molar-refractivity contribution >= 4 is 0 Å². The molecule has 3 nitrogen and oxygen atoms in total. The topological polar surface area (TPSA) is 32.7 Å². The van der Waals surface area contributed by atoms with E-state index in [1.54, 1.807) is 7.11 Å². The summed E-state index contributed by atoms with van der Waals surface area (Å²) in [5.74, 6) is 0. The van der Waals surface area contributed by atoms with Gasteiger partial charge in [-0.2, -0.15) is 0 Å². The van der Waals surface area contributed by atoms with Crippen molar-refractivity contribution in [3.63, 3.8) is 0 Å². The van der Waals surface area contributed by atoms with E-state index < -0.39 is 0 Å². The van der Waals surface area contributed by atoms with E-state index in [0.29, 0.717) is 6.61 Å². The van der Waals surface area contributed by atoms with Gasteiger partial charge in [0, 0.05) is 20.3 Å². The molecular formula is C20H43NO2. The van der Waals surface area contributed by atoms with Crippen molar-refractivity contribution < 1.29 is 9.84 Å². The zero-order chi connectivity index (χ0) is 17.0. The van der Waals surface area contributed by atoms with Crippen molar-refractivity contribution in [2.24, 2.45) is 0 Å². The average Bonchev–Trinajstić information content (AvgIpc) is 2.56. The monoisotopic (exact) mass is 329 g/mol. The molecule has 0 aliphatic rings. The van der Waals surface area contributed by atoms with Crippen LogP contribution in [0.3, 0.4) is 0 Å². The van der Waals surface area contributed by atoms with Gasteiger partial charge < -0.3 is 14.7 Å². The van der Waals surface area contributed by atoms with Gasteiger partial charge in [-0.3, -0.25) is 0 Å². The second-order valence-corrected chi connectivity index (χ2v) is 6.80. The van der Waals surface area contributed by atoms with Gasteiger partial charge in [-0.05, 0) is 32.4 Å². The lowest BCUT2D eigenvalue weighted by atomic mass is 10.1. The molecule has 0 aromatic carbocycles. The molecule has 3 heteroatoms. The van der Waals surface area contributed by atoms with Gasteiger partial charge in [-0.25, -0.2) is 0 Å². The van der Waals surface area contributed by atoms with Crippen LogP contribution in [0.25, 0.3) is 0 Å². The fourth-order valence-corrected chi connectivity index (χ4v) is 3.06. The summed E-state index contributed by atoms with van der Waals surface area (Å²) in [6.45, 7) is 6.67. The lowest BCUT2D eigenvalue weighted by molar-refractivity contribution is 0.189. The van der Waals surface area contributed by atoms with E-state index in [1.165, 1.54) is 96.6 Å². The first-order chi connectivity index (χ1) is 11.3. The maximum atomic E-state index is 9.20. The fourth-order valence-electron chi connectivity index (χ4n) is 3.06. The Morgan fingerprint density at radius 1 is 0.652 bits per heavy atom. The largest absolute Gasteiger partial charge is 0.395 e. The number of rotatable bonds is 19. The van der Waals surface area contributed by atoms with Gasteiger partial charge in [0.05, 0.1) is 6.61 Å². The molecule has 0 aromatic heterocycles. The molecule has 140 valence electrons. The predicted molar refractivity (Wildman–Crippen MR) is 101 cm³/mol. The van der Waals surface area contributed by atoms with Crippen LogP contribution in [0, 0.1) is 0 Å². The highest BCUT2D eigenvalue weighted by molar-refractivity contribution is 4.59. The van der Waals surface area contributed by atoms with Crippen LogP contribution in [0.5, 0.6) is 0 Å². The van der Waals surface area contributed by atoms with E-state index in [1.807, 2.05) is 0 Å². The molecule has 0 radical (unpaired) electrons. The molecule has 0 heterocycles. The minimum absolute atomic E-state index is 0.301. The number of hydrogen-bond donors (Lipinski definition) is 1. The highest BCUT2D eigenvalue weighted by atomic mass is 16.5. The Balaban J connectivity index is 3.42. The highest BCUT2D eigenvalue weighted by Crippen LogP contribution is 2.09. The second-order valence-electron chi connectivity index (χ2n) is 6.80. The molecule has 0 spiro atoms. The molecule has 0 bridgehead atoms. The number of nitrogens with zero attached hydrogens (tertiary/aromatic N) is 1. The normalized spacial score (nSPS) is 11.5. The first kappa shape index (κ1) is 22.9. The average molecular weight is 330 g/mol. The first-order valence-electron chi connectivity index (χ1n) is 10.2. The van der Waals surface area contributed by atoms with Crippen LogP contribution in [0.4, 0.5) is 0 Å². The van der Waals surface area contributed by atoms with Crippen LogP contribution in [0.2, 0.25) is 0 Å². The molecule has 0 atom stereocenters. The van der Waals surface area contributed by atoms with Crippen LogP contribution in [0.15, 0.2) is 0 Å². The van der Waals surface area contributed by atoms with E-state index in [2.05, 4.69) is 11.8 Å². The van der Waals surface area contributed by atoms with Crippen molar-refractivity contribution in [2.75, 3.05) is 40.0 Å². The lowest BCUT2D eigenvalue weighted by Crippen LogP contribution is -2.29.